The van der Waals surface area contributed by atoms with Crippen LogP contribution in [0.2, 0.25) is 0 Å². The van der Waals surface area contributed by atoms with Crippen LogP contribution in [0.25, 0.3) is 0 Å². The third-order valence-electron chi connectivity index (χ3n) is 4.79. The number of hydrogen-bond donors (Lipinski definition) is 2. The van der Waals surface area contributed by atoms with Gasteiger partial charge in [-0.05, 0) is 30.7 Å². The van der Waals surface area contributed by atoms with Crippen LogP contribution >= 0.6 is 0 Å². The summed E-state index contributed by atoms with van der Waals surface area (Å²) < 4.78 is 31.8. The van der Waals surface area contributed by atoms with Gasteiger partial charge in [-0.25, -0.2) is 4.98 Å². The van der Waals surface area contributed by atoms with Crippen molar-refractivity contribution in [2.75, 3.05) is 5.32 Å². The number of aryl methyl sites for hydroxylation is 1. The van der Waals surface area contributed by atoms with Gasteiger partial charge in [-0.1, -0.05) is 31.2 Å². The number of anilines is 1. The van der Waals surface area contributed by atoms with Gasteiger partial charge in [0.1, 0.15) is 5.75 Å². The highest BCUT2D eigenvalue weighted by Crippen LogP contribution is 2.28. The number of hydrogen-bond acceptors (Lipinski definition) is 4. The van der Waals surface area contributed by atoms with Crippen LogP contribution in [0.3, 0.4) is 0 Å². The van der Waals surface area contributed by atoms with Crippen LogP contribution < -0.4 is 15.4 Å². The summed E-state index contributed by atoms with van der Waals surface area (Å²) in [4.78, 5) is 28.9. The second kappa shape index (κ2) is 11.0. The number of alkyl halides is 2. The molecule has 3 rings (SSSR count). The average molecular weight is 442 g/mol. The van der Waals surface area contributed by atoms with Crippen molar-refractivity contribution in [3.05, 3.63) is 78.4 Å². The molecule has 1 heterocycles. The zero-order valence-corrected chi connectivity index (χ0v) is 17.5. The molecule has 9 heteroatoms. The normalized spacial score (nSPS) is 11.8. The number of nitrogens with one attached hydrogen (secondary N) is 2. The van der Waals surface area contributed by atoms with E-state index >= 15 is 0 Å². The molecule has 1 atom stereocenters. The number of nitrogens with zero attached hydrogens (tertiary/aromatic N) is 2. The molecule has 3 aromatic rings. The molecule has 0 aliphatic rings. The molecular weight excluding hydrogens is 418 g/mol. The second-order valence-electron chi connectivity index (χ2n) is 7.03. The Labute approximate surface area is 184 Å². The van der Waals surface area contributed by atoms with Gasteiger partial charge >= 0.3 is 6.61 Å². The number of para-hydroxylation sites is 1. The van der Waals surface area contributed by atoms with Crippen molar-refractivity contribution in [2.24, 2.45) is 0 Å². The van der Waals surface area contributed by atoms with E-state index in [1.54, 1.807) is 65.8 Å². The number of rotatable bonds is 10. The topological polar surface area (TPSA) is 85.3 Å². The Balaban J connectivity index is 1.65. The maximum Gasteiger partial charge on any atom is 0.387 e. The predicted molar refractivity (Wildman–Crippen MR) is 115 cm³/mol. The van der Waals surface area contributed by atoms with Gasteiger partial charge in [0, 0.05) is 42.2 Å². The molecule has 0 aliphatic heterocycles. The molecule has 1 unspecified atom stereocenters. The fourth-order valence-corrected chi connectivity index (χ4v) is 3.22. The number of halogens is 2. The molecule has 0 aliphatic carbocycles. The van der Waals surface area contributed by atoms with E-state index in [4.69, 9.17) is 0 Å². The van der Waals surface area contributed by atoms with Crippen LogP contribution in [0.1, 0.15) is 41.7 Å². The summed E-state index contributed by atoms with van der Waals surface area (Å²) in [7, 11) is 0. The smallest absolute Gasteiger partial charge is 0.387 e. The van der Waals surface area contributed by atoms with Crippen molar-refractivity contribution < 1.29 is 23.1 Å². The lowest BCUT2D eigenvalue weighted by atomic mass is 10.0. The van der Waals surface area contributed by atoms with E-state index in [1.807, 2.05) is 6.92 Å². The Kier molecular flexibility index (Phi) is 7.91. The van der Waals surface area contributed by atoms with E-state index in [2.05, 4.69) is 20.4 Å². The minimum Gasteiger partial charge on any atom is -0.434 e. The number of amides is 2. The van der Waals surface area contributed by atoms with Gasteiger partial charge in [-0.3, -0.25) is 9.59 Å². The van der Waals surface area contributed by atoms with Gasteiger partial charge in [0.05, 0.1) is 12.4 Å². The van der Waals surface area contributed by atoms with E-state index in [0.29, 0.717) is 29.8 Å². The number of imidazole rings is 1. The summed E-state index contributed by atoms with van der Waals surface area (Å²) in [5, 5.41) is 5.62. The summed E-state index contributed by atoms with van der Waals surface area (Å²) in [6, 6.07) is 12.4. The molecule has 0 saturated carbocycles. The van der Waals surface area contributed by atoms with Crippen molar-refractivity contribution in [2.45, 2.75) is 39.0 Å². The fraction of sp³-hybridized carbons (Fsp3) is 0.261. The molecule has 168 valence electrons. The van der Waals surface area contributed by atoms with E-state index in [-0.39, 0.29) is 18.1 Å². The minimum absolute atomic E-state index is 0.0218. The third-order valence-corrected chi connectivity index (χ3v) is 4.79. The molecule has 32 heavy (non-hydrogen) atoms. The van der Waals surface area contributed by atoms with E-state index in [0.717, 1.165) is 0 Å². The van der Waals surface area contributed by atoms with Crippen molar-refractivity contribution in [1.82, 2.24) is 14.9 Å². The van der Waals surface area contributed by atoms with E-state index < -0.39 is 18.6 Å². The minimum atomic E-state index is -2.96. The second-order valence-corrected chi connectivity index (χ2v) is 7.03. The summed E-state index contributed by atoms with van der Waals surface area (Å²) in [6.07, 6.45) is 5.77. The zero-order chi connectivity index (χ0) is 22.9. The molecule has 2 aromatic carbocycles. The summed E-state index contributed by atoms with van der Waals surface area (Å²) in [5.74, 6) is -0.562. The molecule has 2 amide bonds. The Morgan fingerprint density at radius 1 is 1.16 bits per heavy atom. The van der Waals surface area contributed by atoms with Gasteiger partial charge in [0.2, 0.25) is 5.91 Å². The lowest BCUT2D eigenvalue weighted by Crippen LogP contribution is -2.28. The molecule has 0 radical (unpaired) electrons. The lowest BCUT2D eigenvalue weighted by Gasteiger charge is -2.20. The maximum atomic E-state index is 12.8. The zero-order valence-electron chi connectivity index (χ0n) is 17.5. The highest BCUT2D eigenvalue weighted by Gasteiger charge is 2.19. The van der Waals surface area contributed by atoms with Crippen molar-refractivity contribution >= 4 is 17.5 Å². The van der Waals surface area contributed by atoms with Gasteiger partial charge in [-0.2, -0.15) is 8.78 Å². The Bertz CT molecular complexity index is 1040. The maximum absolute atomic E-state index is 12.8. The monoisotopic (exact) mass is 442 g/mol. The summed E-state index contributed by atoms with van der Waals surface area (Å²) >= 11 is 0. The first kappa shape index (κ1) is 22.9. The van der Waals surface area contributed by atoms with Gasteiger partial charge < -0.3 is 19.9 Å². The van der Waals surface area contributed by atoms with Crippen LogP contribution in [0.15, 0.2) is 67.3 Å². The van der Waals surface area contributed by atoms with Gasteiger partial charge in [-0.15, -0.1) is 0 Å². The number of carbonyl (C=O) groups is 2. The average Bonchev–Trinajstić information content (AvgIpc) is 3.30. The van der Waals surface area contributed by atoms with Gasteiger partial charge in [0.15, 0.2) is 0 Å². The molecule has 1 aromatic heterocycles. The van der Waals surface area contributed by atoms with Gasteiger partial charge in [0.25, 0.3) is 5.91 Å². The molecular formula is C23H24F2N4O3. The number of carbonyl (C=O) groups excluding carboxylic acids is 2. The van der Waals surface area contributed by atoms with Crippen molar-refractivity contribution in [1.29, 1.82) is 0 Å². The lowest BCUT2D eigenvalue weighted by molar-refractivity contribution is -0.116. The first-order valence-corrected chi connectivity index (χ1v) is 10.2. The van der Waals surface area contributed by atoms with E-state index in [1.165, 1.54) is 6.07 Å². The highest BCUT2D eigenvalue weighted by atomic mass is 19.3. The Morgan fingerprint density at radius 2 is 1.97 bits per heavy atom. The summed E-state index contributed by atoms with van der Waals surface area (Å²) in [5.41, 5.74) is 1.29. The number of benzene rings is 2. The van der Waals surface area contributed by atoms with Crippen LogP contribution in [0, 0.1) is 0 Å². The largest absolute Gasteiger partial charge is 0.434 e. The first-order valence-electron chi connectivity index (χ1n) is 10.2. The van der Waals surface area contributed by atoms with Crippen LogP contribution in [0.5, 0.6) is 5.75 Å². The molecule has 0 bridgehead atoms. The molecule has 7 nitrogen and oxygen atoms in total. The standard InChI is InChI=1S/C23H24F2N4O3/c1-2-19(18-8-3-4-9-20(18)32-23(24)25)28-22(31)16-6-5-7-17(14-16)27-21(30)10-12-29-13-11-26-15-29/h3-9,11,13-15,19,23H,2,10,12H2,1H3,(H,27,30)(H,28,31). The van der Waals surface area contributed by atoms with Crippen LogP contribution in [-0.2, 0) is 11.3 Å². The van der Waals surface area contributed by atoms with E-state index in [9.17, 15) is 18.4 Å². The Morgan fingerprint density at radius 3 is 2.69 bits per heavy atom. The molecule has 0 saturated heterocycles. The first-order chi connectivity index (χ1) is 15.5. The predicted octanol–water partition coefficient (Wildman–Crippen LogP) is 4.39. The SMILES string of the molecule is CCC(NC(=O)c1cccc(NC(=O)CCn2ccnc2)c1)c1ccccc1OC(F)F. The molecule has 2 N–H and O–H groups in total. The van der Waals surface area contributed by atoms with Crippen LogP contribution in [-0.4, -0.2) is 28.0 Å². The van der Waals surface area contributed by atoms with Crippen molar-refractivity contribution in [3.8, 4) is 5.75 Å². The van der Waals surface area contributed by atoms with Crippen molar-refractivity contribution in [3.63, 3.8) is 0 Å². The number of ether oxygens (including phenoxy) is 1. The molecule has 0 fully saturated rings. The molecule has 0 spiro atoms. The third kappa shape index (κ3) is 6.37. The fourth-order valence-electron chi connectivity index (χ4n) is 3.22. The Hall–Kier alpha value is -3.75. The van der Waals surface area contributed by atoms with Crippen LogP contribution in [0.4, 0.5) is 14.5 Å². The number of aromatic nitrogens is 2. The quantitative estimate of drug-likeness (QED) is 0.488. The summed E-state index contributed by atoms with van der Waals surface area (Å²) in [6.45, 7) is -0.635. The highest BCUT2D eigenvalue weighted by molar-refractivity contribution is 5.97.